The van der Waals surface area contributed by atoms with Gasteiger partial charge in [0.05, 0.1) is 4.90 Å². The molecule has 10 heteroatoms. The number of amides is 1. The zero-order valence-electron chi connectivity index (χ0n) is 16.3. The summed E-state index contributed by atoms with van der Waals surface area (Å²) in [6.45, 7) is 2.86. The van der Waals surface area contributed by atoms with E-state index >= 15 is 0 Å². The van der Waals surface area contributed by atoms with Gasteiger partial charge in [0.1, 0.15) is 5.84 Å². The second kappa shape index (κ2) is 9.64. The molecule has 0 bridgehead atoms. The third-order valence-corrected chi connectivity index (χ3v) is 5.85. The van der Waals surface area contributed by atoms with E-state index in [0.29, 0.717) is 49.0 Å². The van der Waals surface area contributed by atoms with Gasteiger partial charge in [-0.1, -0.05) is 23.7 Å². The third kappa shape index (κ3) is 5.86. The van der Waals surface area contributed by atoms with Crippen molar-refractivity contribution in [2.45, 2.75) is 50.3 Å². The van der Waals surface area contributed by atoms with Gasteiger partial charge in [-0.15, -0.1) is 0 Å². The van der Waals surface area contributed by atoms with Gasteiger partial charge >= 0.3 is 0 Å². The minimum Gasteiger partial charge on any atom is -0.356 e. The highest BCUT2D eigenvalue weighted by atomic mass is 32.2. The van der Waals surface area contributed by atoms with Crippen LogP contribution in [0.25, 0.3) is 0 Å². The molecular formula is C19H25N5O4S. The topological polar surface area (TPSA) is 127 Å². The molecular weight excluding hydrogens is 394 g/mol. The predicted molar refractivity (Wildman–Crippen MR) is 107 cm³/mol. The van der Waals surface area contributed by atoms with Gasteiger partial charge in [-0.3, -0.25) is 14.5 Å². The van der Waals surface area contributed by atoms with Gasteiger partial charge in [0.2, 0.25) is 11.8 Å². The fourth-order valence-electron chi connectivity index (χ4n) is 3.01. The summed E-state index contributed by atoms with van der Waals surface area (Å²) in [5.74, 6) is 1.62. The Morgan fingerprint density at radius 3 is 2.83 bits per heavy atom. The van der Waals surface area contributed by atoms with Crippen LogP contribution in [0, 0.1) is 6.92 Å². The second-order valence-corrected chi connectivity index (χ2v) is 8.48. The minimum atomic E-state index is -3.49. The molecule has 1 aliphatic rings. The lowest BCUT2D eigenvalue weighted by Gasteiger charge is -2.04. The van der Waals surface area contributed by atoms with Crippen molar-refractivity contribution in [2.75, 3.05) is 13.1 Å². The Morgan fingerprint density at radius 1 is 1.21 bits per heavy atom. The zero-order chi connectivity index (χ0) is 20.7. The number of nitrogens with one attached hydrogen (secondary N) is 2. The van der Waals surface area contributed by atoms with Crippen LogP contribution < -0.4 is 10.0 Å². The highest BCUT2D eigenvalue weighted by Gasteiger charge is 2.29. The monoisotopic (exact) mass is 419 g/mol. The van der Waals surface area contributed by atoms with E-state index in [1.54, 1.807) is 31.2 Å². The minimum absolute atomic E-state index is 0.0236. The molecule has 1 aromatic carbocycles. The number of hydrogen-bond donors (Lipinski definition) is 2. The molecule has 1 aliphatic heterocycles. The van der Waals surface area contributed by atoms with Gasteiger partial charge in [0.25, 0.3) is 10.0 Å². The van der Waals surface area contributed by atoms with E-state index in [1.807, 2.05) is 0 Å². The van der Waals surface area contributed by atoms with Crippen LogP contribution in [0.2, 0.25) is 0 Å². The molecule has 0 aliphatic carbocycles. The average Bonchev–Trinajstić information content (AvgIpc) is 3.22. The van der Waals surface area contributed by atoms with Crippen LogP contribution in [0.15, 0.2) is 38.7 Å². The molecule has 0 atom stereocenters. The van der Waals surface area contributed by atoms with E-state index in [0.717, 1.165) is 25.7 Å². The third-order valence-electron chi connectivity index (χ3n) is 4.45. The fraction of sp³-hybridized carbons (Fsp3) is 0.474. The molecule has 0 saturated heterocycles. The summed E-state index contributed by atoms with van der Waals surface area (Å²) in [6.07, 6.45) is 4.27. The van der Waals surface area contributed by atoms with E-state index < -0.39 is 10.0 Å². The fourth-order valence-corrected chi connectivity index (χ4v) is 4.26. The van der Waals surface area contributed by atoms with Crippen molar-refractivity contribution in [2.24, 2.45) is 4.99 Å². The lowest BCUT2D eigenvalue weighted by molar-refractivity contribution is -0.121. The number of aryl methyl sites for hydroxylation is 2. The number of aromatic nitrogens is 2. The van der Waals surface area contributed by atoms with Crippen molar-refractivity contribution < 1.29 is 17.7 Å². The Bertz CT molecular complexity index is 984. The van der Waals surface area contributed by atoms with E-state index in [4.69, 9.17) is 4.52 Å². The van der Waals surface area contributed by atoms with Crippen LogP contribution in [0.4, 0.5) is 0 Å². The highest BCUT2D eigenvalue weighted by Crippen LogP contribution is 2.22. The highest BCUT2D eigenvalue weighted by molar-refractivity contribution is 7.90. The van der Waals surface area contributed by atoms with E-state index in [9.17, 15) is 13.2 Å². The van der Waals surface area contributed by atoms with Gasteiger partial charge in [-0.05, 0) is 38.3 Å². The number of amidine groups is 1. The molecule has 0 saturated carbocycles. The van der Waals surface area contributed by atoms with Crippen molar-refractivity contribution in [1.82, 2.24) is 20.2 Å². The summed E-state index contributed by atoms with van der Waals surface area (Å²) in [4.78, 5) is 20.6. The molecule has 0 spiro atoms. The largest absolute Gasteiger partial charge is 0.356 e. The molecule has 1 amide bonds. The molecule has 29 heavy (non-hydrogen) atoms. The Labute approximate surface area is 170 Å². The van der Waals surface area contributed by atoms with Crippen molar-refractivity contribution in [3.63, 3.8) is 0 Å². The first-order valence-electron chi connectivity index (χ1n) is 9.68. The number of benzene rings is 1. The molecule has 1 aromatic heterocycles. The first-order valence-corrected chi connectivity index (χ1v) is 11.2. The second-order valence-electron chi connectivity index (χ2n) is 6.83. The molecule has 2 aromatic rings. The summed E-state index contributed by atoms with van der Waals surface area (Å²) in [6, 6.07) is 6.80. The smallest absolute Gasteiger partial charge is 0.263 e. The van der Waals surface area contributed by atoms with E-state index in [2.05, 4.69) is 25.2 Å². The molecule has 0 fully saturated rings. The Hall–Kier alpha value is -2.75. The maximum Gasteiger partial charge on any atom is 0.263 e. The molecule has 9 nitrogen and oxygen atoms in total. The lowest BCUT2D eigenvalue weighted by Crippen LogP contribution is -2.24. The van der Waals surface area contributed by atoms with E-state index in [-0.39, 0.29) is 10.8 Å². The number of rotatable bonds is 10. The Balaban J connectivity index is 1.28. The maximum atomic E-state index is 12.0. The van der Waals surface area contributed by atoms with Gasteiger partial charge in [0, 0.05) is 31.5 Å². The molecule has 2 heterocycles. The average molecular weight is 420 g/mol. The van der Waals surface area contributed by atoms with Crippen LogP contribution in [-0.2, 0) is 21.2 Å². The lowest BCUT2D eigenvalue weighted by atomic mass is 10.2. The number of sulfonamides is 1. The van der Waals surface area contributed by atoms with Crippen LogP contribution in [0.5, 0.6) is 0 Å². The van der Waals surface area contributed by atoms with Crippen LogP contribution in [-0.4, -0.2) is 43.4 Å². The molecule has 0 unspecified atom stereocenters. The SMILES string of the molecule is Cc1noc(CCCNC(=O)CCCCCN=C2NS(=O)(=O)c3ccccc32)n1. The number of aliphatic imine (C=N–C) groups is 1. The van der Waals surface area contributed by atoms with Crippen LogP contribution in [0.3, 0.4) is 0 Å². The number of unbranched alkanes of at least 4 members (excludes halogenated alkanes) is 2. The molecule has 0 radical (unpaired) electrons. The van der Waals surface area contributed by atoms with Crippen LogP contribution >= 0.6 is 0 Å². The van der Waals surface area contributed by atoms with Gasteiger partial charge in [0.15, 0.2) is 5.82 Å². The summed E-state index contributed by atoms with van der Waals surface area (Å²) in [7, 11) is -3.49. The molecule has 2 N–H and O–H groups in total. The zero-order valence-corrected chi connectivity index (χ0v) is 17.2. The van der Waals surface area contributed by atoms with Crippen molar-refractivity contribution in [3.8, 4) is 0 Å². The summed E-state index contributed by atoms with van der Waals surface area (Å²) in [5.41, 5.74) is 0.613. The number of fused-ring (bicyclic) bond motifs is 1. The number of hydrogen-bond acceptors (Lipinski definition) is 7. The summed E-state index contributed by atoms with van der Waals surface area (Å²) < 4.78 is 31.5. The summed E-state index contributed by atoms with van der Waals surface area (Å²) in [5, 5.41) is 6.60. The normalized spacial score (nSPS) is 15.8. The quantitative estimate of drug-likeness (QED) is 0.565. The van der Waals surface area contributed by atoms with Crippen molar-refractivity contribution in [3.05, 3.63) is 41.5 Å². The predicted octanol–water partition coefficient (Wildman–Crippen LogP) is 1.73. The maximum absolute atomic E-state index is 12.0. The first-order chi connectivity index (χ1) is 14.0. The van der Waals surface area contributed by atoms with Gasteiger partial charge in [-0.25, -0.2) is 8.42 Å². The van der Waals surface area contributed by atoms with E-state index in [1.165, 1.54) is 0 Å². The van der Waals surface area contributed by atoms with Crippen LogP contribution in [0.1, 0.15) is 49.4 Å². The van der Waals surface area contributed by atoms with Crippen molar-refractivity contribution in [1.29, 1.82) is 0 Å². The molecule has 3 rings (SSSR count). The van der Waals surface area contributed by atoms with Gasteiger partial charge in [-0.2, -0.15) is 4.98 Å². The van der Waals surface area contributed by atoms with Gasteiger partial charge < -0.3 is 9.84 Å². The summed E-state index contributed by atoms with van der Waals surface area (Å²) >= 11 is 0. The Kier molecular flexibility index (Phi) is 6.97. The number of nitrogens with zero attached hydrogens (tertiary/aromatic N) is 3. The standard InChI is InChI=1S/C19H25N5O4S/c1-14-22-18(28-23-14)11-7-13-20-17(25)10-3-2-6-12-21-19-15-8-4-5-9-16(15)29(26,27)24-19/h4-5,8-9H,2-3,6-7,10-13H2,1H3,(H,20,25)(H,21,24). The Morgan fingerprint density at radius 2 is 2.03 bits per heavy atom. The molecule has 156 valence electrons. The number of carbonyl (C=O) groups excluding carboxylic acids is 1. The first kappa shape index (κ1) is 21.0. The number of carbonyl (C=O) groups is 1. The van der Waals surface area contributed by atoms with Crippen molar-refractivity contribution >= 4 is 21.8 Å².